The molecule has 0 saturated carbocycles. The van der Waals surface area contributed by atoms with E-state index in [0.717, 1.165) is 26.2 Å². The van der Waals surface area contributed by atoms with Gasteiger partial charge in [0, 0.05) is 26.2 Å². The molecule has 4 nitrogen and oxygen atoms in total. The standard InChI is InChI=1S/C10H20N4/c1-3-7-13-9-5-2-6-10-14(8-4-1)12-11-13/h1-10H2/b12-11-. The van der Waals surface area contributed by atoms with Crippen molar-refractivity contribution < 1.29 is 0 Å². The summed E-state index contributed by atoms with van der Waals surface area (Å²) < 4.78 is 0. The third-order valence-corrected chi connectivity index (χ3v) is 2.96. The SMILES string of the molecule is C1CCN2CCCCCN(CC1)/N=N\2. The van der Waals surface area contributed by atoms with E-state index >= 15 is 0 Å². The van der Waals surface area contributed by atoms with Gasteiger partial charge in [0.15, 0.2) is 0 Å². The van der Waals surface area contributed by atoms with Gasteiger partial charge in [0.1, 0.15) is 0 Å². The van der Waals surface area contributed by atoms with Crippen molar-refractivity contribution in [1.29, 1.82) is 0 Å². The monoisotopic (exact) mass is 196 g/mol. The maximum absolute atomic E-state index is 4.31. The second-order valence-corrected chi connectivity index (χ2v) is 4.21. The summed E-state index contributed by atoms with van der Waals surface area (Å²) >= 11 is 0. The van der Waals surface area contributed by atoms with Crippen molar-refractivity contribution in [2.24, 2.45) is 10.4 Å². The molecule has 0 aromatic heterocycles. The number of fused-ring (bicyclic) bond motifs is 2. The fourth-order valence-electron chi connectivity index (χ4n) is 2.05. The molecule has 4 heteroatoms. The first-order valence-electron chi connectivity index (χ1n) is 5.86. The predicted molar refractivity (Wildman–Crippen MR) is 55.7 cm³/mol. The Morgan fingerprint density at radius 2 is 0.857 bits per heavy atom. The molecule has 0 N–H and O–H groups in total. The predicted octanol–water partition coefficient (Wildman–Crippen LogP) is 2.24. The Morgan fingerprint density at radius 3 is 1.21 bits per heavy atom. The average Bonchev–Trinajstić information content (AvgIpc) is 2.34. The summed E-state index contributed by atoms with van der Waals surface area (Å²) in [6.45, 7) is 4.38. The lowest BCUT2D eigenvalue weighted by atomic mass is 10.2. The highest BCUT2D eigenvalue weighted by atomic mass is 15.7. The van der Waals surface area contributed by atoms with Gasteiger partial charge in [-0.3, -0.25) is 10.0 Å². The summed E-state index contributed by atoms with van der Waals surface area (Å²) in [6, 6.07) is 0. The van der Waals surface area contributed by atoms with Gasteiger partial charge in [-0.15, -0.1) is 0 Å². The van der Waals surface area contributed by atoms with Gasteiger partial charge in [-0.05, 0) is 38.5 Å². The van der Waals surface area contributed by atoms with Crippen molar-refractivity contribution in [3.63, 3.8) is 0 Å². The van der Waals surface area contributed by atoms with Gasteiger partial charge in [-0.1, -0.05) is 10.4 Å². The van der Waals surface area contributed by atoms with Gasteiger partial charge in [0.2, 0.25) is 0 Å². The Bertz CT molecular complexity index is 161. The summed E-state index contributed by atoms with van der Waals surface area (Å²) in [5.74, 6) is 0. The summed E-state index contributed by atoms with van der Waals surface area (Å²) in [5, 5.41) is 12.9. The van der Waals surface area contributed by atoms with Crippen LogP contribution in [0.1, 0.15) is 38.5 Å². The lowest BCUT2D eigenvalue weighted by Gasteiger charge is -2.15. The third kappa shape index (κ3) is 2.86. The van der Waals surface area contributed by atoms with Crippen molar-refractivity contribution in [1.82, 2.24) is 10.0 Å². The summed E-state index contributed by atoms with van der Waals surface area (Å²) in [6.07, 6.45) is 7.72. The molecular weight excluding hydrogens is 176 g/mol. The lowest BCUT2D eigenvalue weighted by molar-refractivity contribution is 0.220. The van der Waals surface area contributed by atoms with Crippen LogP contribution in [0.5, 0.6) is 0 Å². The van der Waals surface area contributed by atoms with Crippen LogP contribution in [0.25, 0.3) is 0 Å². The number of rotatable bonds is 0. The van der Waals surface area contributed by atoms with Gasteiger partial charge in [0.25, 0.3) is 0 Å². The molecule has 0 aliphatic carbocycles. The van der Waals surface area contributed by atoms with Crippen LogP contribution in [0.15, 0.2) is 10.4 Å². The molecular formula is C10H20N4. The zero-order valence-corrected chi connectivity index (χ0v) is 8.86. The van der Waals surface area contributed by atoms with Crippen molar-refractivity contribution in [2.75, 3.05) is 26.2 Å². The molecule has 0 unspecified atom stereocenters. The number of hydrogen-bond acceptors (Lipinski definition) is 4. The highest BCUT2D eigenvalue weighted by Crippen LogP contribution is 2.12. The van der Waals surface area contributed by atoms with Crippen LogP contribution in [0.4, 0.5) is 0 Å². The maximum Gasteiger partial charge on any atom is 0.0377 e. The number of nitrogens with zero attached hydrogens (tertiary/aromatic N) is 4. The average molecular weight is 196 g/mol. The van der Waals surface area contributed by atoms with E-state index in [4.69, 9.17) is 0 Å². The highest BCUT2D eigenvalue weighted by Gasteiger charge is 2.10. The quantitative estimate of drug-likeness (QED) is 0.595. The van der Waals surface area contributed by atoms with Crippen LogP contribution in [-0.2, 0) is 0 Å². The minimum atomic E-state index is 1.09. The molecule has 2 aliphatic rings. The second-order valence-electron chi connectivity index (χ2n) is 4.21. The topological polar surface area (TPSA) is 31.2 Å². The van der Waals surface area contributed by atoms with Crippen LogP contribution in [0.2, 0.25) is 0 Å². The molecule has 0 fully saturated rings. The Hall–Kier alpha value is -0.800. The highest BCUT2D eigenvalue weighted by molar-refractivity contribution is 4.61. The van der Waals surface area contributed by atoms with E-state index in [1.54, 1.807) is 0 Å². The van der Waals surface area contributed by atoms with Crippen LogP contribution in [0, 0.1) is 0 Å². The molecule has 14 heavy (non-hydrogen) atoms. The van der Waals surface area contributed by atoms with E-state index in [1.807, 2.05) is 0 Å². The van der Waals surface area contributed by atoms with E-state index in [2.05, 4.69) is 20.5 Å². The molecule has 80 valence electrons. The van der Waals surface area contributed by atoms with Crippen LogP contribution in [0.3, 0.4) is 0 Å². The van der Waals surface area contributed by atoms with Crippen LogP contribution in [-0.4, -0.2) is 36.2 Å². The summed E-state index contributed by atoms with van der Waals surface area (Å²) in [7, 11) is 0. The number of hydrogen-bond donors (Lipinski definition) is 0. The molecule has 2 aliphatic heterocycles. The van der Waals surface area contributed by atoms with E-state index in [0.29, 0.717) is 0 Å². The molecule has 0 amide bonds. The first kappa shape index (κ1) is 9.74. The normalized spacial score (nSPS) is 26.9. The van der Waals surface area contributed by atoms with Crippen molar-refractivity contribution in [3.05, 3.63) is 0 Å². The Balaban J connectivity index is 2.00. The van der Waals surface area contributed by atoms with Gasteiger partial charge in [0.05, 0.1) is 0 Å². The Morgan fingerprint density at radius 1 is 0.500 bits per heavy atom. The van der Waals surface area contributed by atoms with E-state index in [9.17, 15) is 0 Å². The van der Waals surface area contributed by atoms with Gasteiger partial charge in [-0.25, -0.2) is 0 Å². The molecule has 2 rings (SSSR count). The Kier molecular flexibility index (Phi) is 3.60. The van der Waals surface area contributed by atoms with E-state index < -0.39 is 0 Å². The van der Waals surface area contributed by atoms with Gasteiger partial charge in [-0.2, -0.15) is 0 Å². The molecule has 2 heterocycles. The fraction of sp³-hybridized carbons (Fsp3) is 1.00. The molecule has 0 atom stereocenters. The van der Waals surface area contributed by atoms with Crippen LogP contribution >= 0.6 is 0 Å². The van der Waals surface area contributed by atoms with E-state index in [1.165, 1.54) is 38.5 Å². The second kappa shape index (κ2) is 5.17. The van der Waals surface area contributed by atoms with E-state index in [-0.39, 0.29) is 0 Å². The van der Waals surface area contributed by atoms with Crippen molar-refractivity contribution >= 4 is 0 Å². The minimum absolute atomic E-state index is 1.09. The van der Waals surface area contributed by atoms with Gasteiger partial charge < -0.3 is 0 Å². The van der Waals surface area contributed by atoms with Crippen molar-refractivity contribution in [2.45, 2.75) is 38.5 Å². The van der Waals surface area contributed by atoms with Gasteiger partial charge >= 0.3 is 0 Å². The molecule has 0 saturated heterocycles. The summed E-state index contributed by atoms with van der Waals surface area (Å²) in [4.78, 5) is 0. The first-order valence-corrected chi connectivity index (χ1v) is 5.86. The maximum atomic E-state index is 4.31. The molecule has 0 aromatic carbocycles. The smallest absolute Gasteiger partial charge is 0.0377 e. The van der Waals surface area contributed by atoms with Crippen molar-refractivity contribution in [3.8, 4) is 0 Å². The fourth-order valence-corrected chi connectivity index (χ4v) is 2.05. The molecule has 0 spiro atoms. The largest absolute Gasteiger partial charge is 0.277 e. The zero-order chi connectivity index (χ0) is 9.64. The molecule has 0 aromatic rings. The lowest BCUT2D eigenvalue weighted by Crippen LogP contribution is -2.19. The zero-order valence-electron chi connectivity index (χ0n) is 8.86. The Labute approximate surface area is 85.9 Å². The summed E-state index contributed by atoms with van der Waals surface area (Å²) in [5.41, 5.74) is 0. The molecule has 2 bridgehead atoms. The third-order valence-electron chi connectivity index (χ3n) is 2.96. The minimum Gasteiger partial charge on any atom is -0.277 e. The van der Waals surface area contributed by atoms with Crippen LogP contribution < -0.4 is 0 Å². The molecule has 0 radical (unpaired) electrons. The first-order chi connectivity index (χ1) is 6.95.